The molecule has 0 atom stereocenters. The van der Waals surface area contributed by atoms with Gasteiger partial charge in [-0.25, -0.2) is 19.0 Å². The Morgan fingerprint density at radius 1 is 1.19 bits per heavy atom. The molecule has 2 heterocycles. The second-order valence-corrected chi connectivity index (χ2v) is 9.66. The summed E-state index contributed by atoms with van der Waals surface area (Å²) < 4.78 is 44.7. The van der Waals surface area contributed by atoms with Crippen LogP contribution in [0.4, 0.5) is 22.4 Å². The number of likely N-dealkylation sites (tertiary alicyclic amines) is 1. The molecule has 0 spiro atoms. The van der Waals surface area contributed by atoms with Crippen molar-refractivity contribution in [1.29, 1.82) is 0 Å². The monoisotopic (exact) mass is 532 g/mol. The van der Waals surface area contributed by atoms with E-state index in [1.165, 1.54) is 24.3 Å². The van der Waals surface area contributed by atoms with E-state index in [-0.39, 0.29) is 17.6 Å². The molecule has 1 fully saturated rings. The number of carboxylic acids is 1. The summed E-state index contributed by atoms with van der Waals surface area (Å²) in [4.78, 5) is 42.6. The number of urea groups is 1. The predicted molar refractivity (Wildman–Crippen MR) is 125 cm³/mol. The summed E-state index contributed by atoms with van der Waals surface area (Å²) in [5.74, 6) is -2.66. The number of nitrogens with one attached hydrogen (secondary N) is 1. The molecule has 1 aliphatic rings. The van der Waals surface area contributed by atoms with E-state index in [2.05, 4.69) is 15.2 Å². The number of nitrogens with zero attached hydrogens (tertiary/aromatic N) is 3. The Bertz CT molecular complexity index is 1020. The van der Waals surface area contributed by atoms with Crippen LogP contribution in [0.15, 0.2) is 30.5 Å². The first-order valence-corrected chi connectivity index (χ1v) is 11.9. The summed E-state index contributed by atoms with van der Waals surface area (Å²) in [6, 6.07) is 5.62. The van der Waals surface area contributed by atoms with Gasteiger partial charge in [0, 0.05) is 30.2 Å². The van der Waals surface area contributed by atoms with E-state index in [0.717, 1.165) is 35.8 Å². The number of thiazole rings is 1. The number of ketones is 1. The van der Waals surface area contributed by atoms with Crippen molar-refractivity contribution in [3.05, 3.63) is 51.7 Å². The van der Waals surface area contributed by atoms with Crippen LogP contribution in [0.1, 0.15) is 33.1 Å². The largest absolute Gasteiger partial charge is 0.490 e. The molecule has 2 aromatic rings. The lowest BCUT2D eigenvalue weighted by Gasteiger charge is -2.33. The van der Waals surface area contributed by atoms with Crippen LogP contribution in [0, 0.1) is 18.7 Å². The van der Waals surface area contributed by atoms with Crippen molar-refractivity contribution >= 4 is 29.1 Å². The molecule has 3 rings (SSSR count). The first-order chi connectivity index (χ1) is 16.8. The van der Waals surface area contributed by atoms with Crippen LogP contribution < -0.4 is 5.32 Å². The van der Waals surface area contributed by atoms with Gasteiger partial charge in [-0.3, -0.25) is 9.69 Å². The lowest BCUT2D eigenvalue weighted by molar-refractivity contribution is -0.192. The van der Waals surface area contributed by atoms with Gasteiger partial charge in [0.1, 0.15) is 5.82 Å². The third-order valence-corrected chi connectivity index (χ3v) is 6.36. The predicted octanol–water partition coefficient (Wildman–Crippen LogP) is 3.96. The number of aromatic nitrogens is 1. The number of alkyl halides is 3. The average Bonchev–Trinajstić information content (AvgIpc) is 3.24. The highest BCUT2D eigenvalue weighted by molar-refractivity contribution is 7.11. The van der Waals surface area contributed by atoms with Crippen LogP contribution in [-0.2, 0) is 11.3 Å². The highest BCUT2D eigenvalue weighted by Gasteiger charge is 2.38. The summed E-state index contributed by atoms with van der Waals surface area (Å²) in [6.45, 7) is 5.15. The number of hydrogen-bond acceptors (Lipinski definition) is 6. The van der Waals surface area contributed by atoms with Crippen LogP contribution in [0.2, 0.25) is 0 Å². The molecule has 0 unspecified atom stereocenters. The molecule has 0 aliphatic carbocycles. The van der Waals surface area contributed by atoms with Gasteiger partial charge in [0.2, 0.25) is 0 Å². The highest BCUT2D eigenvalue weighted by atomic mass is 32.1. The summed E-state index contributed by atoms with van der Waals surface area (Å²) >= 11 is 1.59. The van der Waals surface area contributed by atoms with Gasteiger partial charge in [-0.1, -0.05) is 0 Å². The zero-order valence-corrected chi connectivity index (χ0v) is 20.7. The Morgan fingerprint density at radius 3 is 2.28 bits per heavy atom. The maximum absolute atomic E-state index is 13.0. The molecule has 0 saturated carbocycles. The molecule has 198 valence electrons. The van der Waals surface area contributed by atoms with Crippen molar-refractivity contribution in [3.8, 4) is 0 Å². The second kappa shape index (κ2) is 13.3. The number of halogens is 4. The number of carbonyl (C=O) groups is 3. The summed E-state index contributed by atoms with van der Waals surface area (Å²) in [7, 11) is 1.82. The van der Waals surface area contributed by atoms with Crippen LogP contribution >= 0.6 is 11.3 Å². The Kier molecular flexibility index (Phi) is 10.8. The molecule has 1 aromatic carbocycles. The maximum atomic E-state index is 13.0. The van der Waals surface area contributed by atoms with Gasteiger partial charge >= 0.3 is 18.2 Å². The molecule has 2 N–H and O–H groups in total. The number of Topliss-reactive ketones (excluding diaryl/α,β-unsaturated/α-hetero) is 1. The van der Waals surface area contributed by atoms with E-state index in [9.17, 15) is 27.2 Å². The maximum Gasteiger partial charge on any atom is 0.490 e. The number of piperidine rings is 1. The molecular formula is C23H28F4N4O4S. The number of aryl methyl sites for hydroxylation is 1. The van der Waals surface area contributed by atoms with Crippen molar-refractivity contribution in [2.24, 2.45) is 5.92 Å². The molecule has 1 saturated heterocycles. The van der Waals surface area contributed by atoms with Gasteiger partial charge in [-0.05, 0) is 63.0 Å². The third-order valence-electron chi connectivity index (χ3n) is 5.44. The molecular weight excluding hydrogens is 504 g/mol. The van der Waals surface area contributed by atoms with Gasteiger partial charge in [0.15, 0.2) is 5.78 Å². The summed E-state index contributed by atoms with van der Waals surface area (Å²) in [6.07, 6.45) is -1.39. The summed E-state index contributed by atoms with van der Waals surface area (Å²) in [5.41, 5.74) is 0.543. The molecule has 8 nitrogen and oxygen atoms in total. The zero-order chi connectivity index (χ0) is 26.9. The fourth-order valence-corrected chi connectivity index (χ4v) is 4.25. The van der Waals surface area contributed by atoms with Crippen molar-refractivity contribution < 1.29 is 37.1 Å². The quantitative estimate of drug-likeness (QED) is 0.414. The number of hydrogen-bond donors (Lipinski definition) is 2. The Balaban J connectivity index is 0.000000572. The molecule has 1 aliphatic heterocycles. The Morgan fingerprint density at radius 2 is 1.78 bits per heavy atom. The van der Waals surface area contributed by atoms with Crippen LogP contribution in [0.5, 0.6) is 0 Å². The summed E-state index contributed by atoms with van der Waals surface area (Å²) in [5, 5.41) is 11.1. The molecule has 13 heteroatoms. The standard InChI is InChI=1S/C21H27FN4O2S.C2HF3O2/c1-15-23-11-19(29-15)12-24-21(28)25(2)13-16-7-9-26(10-8-16)14-20(27)17-3-5-18(22)6-4-17;3-2(4,5)1(6)7/h3-6,11,16H,7-10,12-14H2,1-2H3,(H,24,28);(H,6,7). The fraction of sp³-hybridized carbons (Fsp3) is 0.478. The van der Waals surface area contributed by atoms with Gasteiger partial charge < -0.3 is 15.3 Å². The van der Waals surface area contributed by atoms with Crippen molar-refractivity contribution in [3.63, 3.8) is 0 Å². The van der Waals surface area contributed by atoms with Crippen LogP contribution in [0.25, 0.3) is 0 Å². The molecule has 36 heavy (non-hydrogen) atoms. The number of benzene rings is 1. The molecule has 2 amide bonds. The minimum atomic E-state index is -5.08. The highest BCUT2D eigenvalue weighted by Crippen LogP contribution is 2.19. The van der Waals surface area contributed by atoms with Gasteiger partial charge in [0.25, 0.3) is 0 Å². The molecule has 0 bridgehead atoms. The Hall–Kier alpha value is -3.06. The van der Waals surface area contributed by atoms with Crippen molar-refractivity contribution in [1.82, 2.24) is 20.1 Å². The number of rotatable bonds is 7. The van der Waals surface area contributed by atoms with Crippen LogP contribution in [0.3, 0.4) is 0 Å². The zero-order valence-electron chi connectivity index (χ0n) is 19.8. The van der Waals surface area contributed by atoms with Crippen molar-refractivity contribution in [2.75, 3.05) is 33.2 Å². The average molecular weight is 533 g/mol. The van der Waals surface area contributed by atoms with E-state index < -0.39 is 12.1 Å². The first-order valence-electron chi connectivity index (χ1n) is 11.1. The van der Waals surface area contributed by atoms with Gasteiger partial charge in [-0.2, -0.15) is 13.2 Å². The van der Waals surface area contributed by atoms with Crippen molar-refractivity contribution in [2.45, 2.75) is 32.5 Å². The number of carbonyl (C=O) groups excluding carboxylic acids is 2. The lowest BCUT2D eigenvalue weighted by Crippen LogP contribution is -2.43. The number of amides is 2. The molecule has 0 radical (unpaired) electrons. The third kappa shape index (κ3) is 9.90. The van der Waals surface area contributed by atoms with E-state index in [0.29, 0.717) is 31.1 Å². The molecule has 1 aromatic heterocycles. The van der Waals surface area contributed by atoms with E-state index in [1.54, 1.807) is 22.4 Å². The topological polar surface area (TPSA) is 103 Å². The first kappa shape index (κ1) is 29.2. The SMILES string of the molecule is Cc1ncc(CNC(=O)N(C)CC2CCN(CC(=O)c3ccc(F)cc3)CC2)s1.O=C(O)C(F)(F)F. The van der Waals surface area contributed by atoms with Gasteiger partial charge in [0.05, 0.1) is 18.1 Å². The van der Waals surface area contributed by atoms with Gasteiger partial charge in [-0.15, -0.1) is 11.3 Å². The smallest absolute Gasteiger partial charge is 0.475 e. The minimum Gasteiger partial charge on any atom is -0.475 e. The number of carboxylic acid groups (broad SMARTS) is 1. The fourth-order valence-electron chi connectivity index (χ4n) is 3.51. The normalized spacial score (nSPS) is 14.5. The van der Waals surface area contributed by atoms with Crippen LogP contribution in [-0.4, -0.2) is 77.1 Å². The van der Waals surface area contributed by atoms with E-state index >= 15 is 0 Å². The van der Waals surface area contributed by atoms with E-state index in [1.807, 2.05) is 14.0 Å². The lowest BCUT2D eigenvalue weighted by atomic mass is 9.96. The second-order valence-electron chi connectivity index (χ2n) is 8.34. The Labute approximate surface area is 209 Å². The van der Waals surface area contributed by atoms with E-state index in [4.69, 9.17) is 9.90 Å². The minimum absolute atomic E-state index is 0.0123. The number of aliphatic carboxylic acids is 1.